The largest absolute Gasteiger partial charge is 0.438 e. The number of benzene rings is 4. The molecule has 0 N–H and O–H groups in total. The molecule has 0 bridgehead atoms. The summed E-state index contributed by atoms with van der Waals surface area (Å²) in [5.41, 5.74) is 8.36. The lowest BCUT2D eigenvalue weighted by Crippen LogP contribution is -2.18. The smallest absolute Gasteiger partial charge is 0.302 e. The zero-order chi connectivity index (χ0) is 38.1. The van der Waals surface area contributed by atoms with Gasteiger partial charge >= 0.3 is 16.8 Å². The van der Waals surface area contributed by atoms with Crippen molar-refractivity contribution < 1.29 is 18.1 Å². The molecule has 0 aromatic heterocycles. The van der Waals surface area contributed by atoms with Gasteiger partial charge in [-0.3, -0.25) is 0 Å². The highest BCUT2D eigenvalue weighted by Crippen LogP contribution is 2.58. The first kappa shape index (κ1) is 40.7. The quantitative estimate of drug-likeness (QED) is 0.152. The van der Waals surface area contributed by atoms with Crippen LogP contribution >= 0.6 is 16.8 Å². The molecule has 0 aliphatic rings. The minimum absolute atomic E-state index is 0.134. The van der Waals surface area contributed by atoms with Crippen molar-refractivity contribution in [2.45, 2.75) is 132 Å². The number of hydrogen-bond donors (Lipinski definition) is 0. The average Bonchev–Trinajstić information content (AvgIpc) is 2.98. The van der Waals surface area contributed by atoms with Gasteiger partial charge in [0.05, 0.1) is 0 Å². The third-order valence-electron chi connectivity index (χ3n) is 9.08. The summed E-state index contributed by atoms with van der Waals surface area (Å²) in [6, 6.07) is 25.6. The average molecular weight is 729 g/mol. The van der Waals surface area contributed by atoms with Gasteiger partial charge in [-0.15, -0.1) is 0 Å². The highest BCUT2D eigenvalue weighted by atomic mass is 31.2. The molecule has 4 rings (SSSR count). The molecule has 0 aliphatic carbocycles. The molecule has 0 saturated heterocycles. The Kier molecular flexibility index (Phi) is 12.4. The van der Waals surface area contributed by atoms with Crippen molar-refractivity contribution in [2.24, 2.45) is 0 Å². The molecule has 6 heteroatoms. The summed E-state index contributed by atoms with van der Waals surface area (Å²) in [7, 11) is -3.24. The van der Waals surface area contributed by atoms with E-state index in [1.807, 2.05) is 0 Å². The monoisotopic (exact) mass is 728 g/mol. The zero-order valence-corrected chi connectivity index (χ0v) is 36.0. The van der Waals surface area contributed by atoms with Crippen molar-refractivity contribution in [1.29, 1.82) is 0 Å². The van der Waals surface area contributed by atoms with Gasteiger partial charge in [0, 0.05) is 22.3 Å². The van der Waals surface area contributed by atoms with Crippen LogP contribution in [0.3, 0.4) is 0 Å². The van der Waals surface area contributed by atoms with Gasteiger partial charge in [-0.25, -0.2) is 0 Å². The molecule has 4 aromatic rings. The van der Waals surface area contributed by atoms with Gasteiger partial charge in [0.15, 0.2) is 0 Å². The van der Waals surface area contributed by atoms with Crippen molar-refractivity contribution in [3.63, 3.8) is 0 Å². The predicted octanol–water partition coefficient (Wildman–Crippen LogP) is 14.3. The Bertz CT molecular complexity index is 1550. The Morgan fingerprint density at radius 3 is 0.725 bits per heavy atom. The SMILES string of the molecule is Cc1cccc(C(C)(C)C)c1OP(CP(Oc1c(C)cccc1C(C)(C)C)Oc1c(C)cccc1C(C)(C)C)Oc1c(C)cccc1C(C)(C)C. The molecular weight excluding hydrogens is 666 g/mol. The van der Waals surface area contributed by atoms with Crippen LogP contribution in [0.15, 0.2) is 72.8 Å². The van der Waals surface area contributed by atoms with Crippen LogP contribution in [0.25, 0.3) is 0 Å². The first-order valence-electron chi connectivity index (χ1n) is 18.2. The Labute approximate surface area is 312 Å². The molecule has 0 spiro atoms. The Hall–Kier alpha value is -3.06. The Balaban J connectivity index is 1.94. The van der Waals surface area contributed by atoms with Gasteiger partial charge < -0.3 is 18.1 Å². The van der Waals surface area contributed by atoms with Crippen LogP contribution in [0.4, 0.5) is 0 Å². The summed E-state index contributed by atoms with van der Waals surface area (Å²) >= 11 is 0. The lowest BCUT2D eigenvalue weighted by Gasteiger charge is -2.32. The predicted molar refractivity (Wildman–Crippen MR) is 221 cm³/mol. The summed E-state index contributed by atoms with van der Waals surface area (Å²) in [6.07, 6.45) is 0. The normalized spacial score (nSPS) is 12.7. The summed E-state index contributed by atoms with van der Waals surface area (Å²) in [5.74, 6) is 3.91. The van der Waals surface area contributed by atoms with Gasteiger partial charge in [-0.05, 0) is 71.6 Å². The molecule has 0 fully saturated rings. The molecule has 0 saturated carbocycles. The maximum Gasteiger partial charge on any atom is 0.302 e. The van der Waals surface area contributed by atoms with E-state index in [-0.39, 0.29) is 21.7 Å². The van der Waals surface area contributed by atoms with E-state index in [1.165, 1.54) is 0 Å². The van der Waals surface area contributed by atoms with Crippen LogP contribution in [0, 0.1) is 27.7 Å². The van der Waals surface area contributed by atoms with Crippen molar-refractivity contribution >= 4 is 16.8 Å². The number of rotatable bonds is 10. The number of aryl methyl sites for hydroxylation is 4. The van der Waals surface area contributed by atoms with E-state index in [0.29, 0.717) is 5.90 Å². The van der Waals surface area contributed by atoms with Crippen LogP contribution in [-0.4, -0.2) is 5.90 Å². The molecule has 276 valence electrons. The summed E-state index contributed by atoms with van der Waals surface area (Å²) in [4.78, 5) is 0. The Morgan fingerprint density at radius 1 is 0.353 bits per heavy atom. The van der Waals surface area contributed by atoms with Gasteiger partial charge in [-0.2, -0.15) is 0 Å². The molecule has 4 nitrogen and oxygen atoms in total. The molecule has 0 atom stereocenters. The molecule has 4 aromatic carbocycles. The minimum atomic E-state index is -1.62. The zero-order valence-electron chi connectivity index (χ0n) is 34.2. The van der Waals surface area contributed by atoms with Crippen LogP contribution in [-0.2, 0) is 21.7 Å². The lowest BCUT2D eigenvalue weighted by atomic mass is 9.85. The van der Waals surface area contributed by atoms with Gasteiger partial charge in [0.25, 0.3) is 0 Å². The van der Waals surface area contributed by atoms with E-state index in [9.17, 15) is 0 Å². The van der Waals surface area contributed by atoms with E-state index >= 15 is 0 Å². The van der Waals surface area contributed by atoms with Gasteiger partial charge in [0.2, 0.25) is 0 Å². The fourth-order valence-electron chi connectivity index (χ4n) is 6.11. The van der Waals surface area contributed by atoms with E-state index in [0.717, 1.165) is 67.5 Å². The van der Waals surface area contributed by atoms with Gasteiger partial charge in [-0.1, -0.05) is 156 Å². The second-order valence-electron chi connectivity index (χ2n) is 18.0. The fraction of sp³-hybridized carbons (Fsp3) is 0.467. The van der Waals surface area contributed by atoms with E-state index in [2.05, 4.69) is 184 Å². The minimum Gasteiger partial charge on any atom is -0.438 e. The fourth-order valence-corrected chi connectivity index (χ4v) is 9.65. The van der Waals surface area contributed by atoms with Crippen LogP contribution in [0.5, 0.6) is 23.0 Å². The molecular formula is C45H62O4P2. The second-order valence-corrected chi connectivity index (χ2v) is 21.2. The summed E-state index contributed by atoms with van der Waals surface area (Å²) in [6.45, 7) is 35.2. The highest BCUT2D eigenvalue weighted by molar-refractivity contribution is 7.65. The second kappa shape index (κ2) is 15.5. The maximum absolute atomic E-state index is 7.19. The number of hydrogen-bond acceptors (Lipinski definition) is 4. The first-order chi connectivity index (χ1) is 23.5. The third kappa shape index (κ3) is 10.1. The van der Waals surface area contributed by atoms with E-state index in [1.54, 1.807) is 0 Å². The van der Waals surface area contributed by atoms with Crippen molar-refractivity contribution in [3.05, 3.63) is 117 Å². The van der Waals surface area contributed by atoms with Crippen LogP contribution in [0.1, 0.15) is 128 Å². The molecule has 0 aliphatic heterocycles. The standard InChI is InChI=1S/C45H62O4P2/c1-30-21-17-25-34(42(5,6)7)38(30)46-50(47-39-31(2)22-18-26-35(39)43(8,9)10)29-51(48-40-32(3)23-19-27-36(40)44(11,12)13)49-41-33(4)24-20-28-37(41)45(14,15)16/h17-28H,29H2,1-16H3. The maximum atomic E-state index is 7.19. The van der Waals surface area contributed by atoms with Crippen molar-refractivity contribution in [3.8, 4) is 23.0 Å². The summed E-state index contributed by atoms with van der Waals surface area (Å²) in [5, 5.41) is 0. The molecule has 0 heterocycles. The molecule has 0 amide bonds. The number of para-hydroxylation sites is 4. The molecule has 0 radical (unpaired) electrons. The highest BCUT2D eigenvalue weighted by Gasteiger charge is 2.35. The summed E-state index contributed by atoms with van der Waals surface area (Å²) < 4.78 is 28.8. The van der Waals surface area contributed by atoms with Crippen molar-refractivity contribution in [1.82, 2.24) is 0 Å². The molecule has 0 unspecified atom stereocenters. The van der Waals surface area contributed by atoms with E-state index < -0.39 is 16.8 Å². The van der Waals surface area contributed by atoms with Crippen LogP contribution < -0.4 is 18.1 Å². The van der Waals surface area contributed by atoms with E-state index in [4.69, 9.17) is 18.1 Å². The van der Waals surface area contributed by atoms with Gasteiger partial charge in [0.1, 0.15) is 28.9 Å². The van der Waals surface area contributed by atoms with Crippen molar-refractivity contribution in [2.75, 3.05) is 5.90 Å². The van der Waals surface area contributed by atoms with Crippen LogP contribution in [0.2, 0.25) is 0 Å². The topological polar surface area (TPSA) is 36.9 Å². The third-order valence-corrected chi connectivity index (χ3v) is 12.5. The first-order valence-corrected chi connectivity index (χ1v) is 20.9. The molecule has 51 heavy (non-hydrogen) atoms. The Morgan fingerprint density at radius 2 is 0.549 bits per heavy atom. The lowest BCUT2D eigenvalue weighted by molar-refractivity contribution is 0.446.